The molecule has 2 aromatic heterocycles. The molecule has 0 saturated heterocycles. The van der Waals surface area contributed by atoms with Crippen LogP contribution >= 0.6 is 0 Å². The lowest BCUT2D eigenvalue weighted by atomic mass is 10.1. The average molecular weight is 454 g/mol. The Morgan fingerprint density at radius 1 is 0.906 bits per heavy atom. The topological polar surface area (TPSA) is 118 Å². The predicted octanol–water partition coefficient (Wildman–Crippen LogP) is 1.88. The molecule has 0 fully saturated rings. The fourth-order valence-electron chi connectivity index (χ4n) is 3.20. The molecule has 0 radical (unpaired) electrons. The zero-order valence-electron chi connectivity index (χ0n) is 17.7. The molecule has 0 unspecified atom stereocenters. The third kappa shape index (κ3) is 7.84. The van der Waals surface area contributed by atoms with Crippen LogP contribution in [-0.2, 0) is 34.3 Å². The fourth-order valence-corrected chi connectivity index (χ4v) is 3.71. The Kier molecular flexibility index (Phi) is 8.43. The van der Waals surface area contributed by atoms with Crippen molar-refractivity contribution in [2.45, 2.75) is 30.8 Å². The van der Waals surface area contributed by atoms with Crippen molar-refractivity contribution in [2.75, 3.05) is 13.1 Å². The summed E-state index contributed by atoms with van der Waals surface area (Å²) in [5.74, 6) is -0.0433. The van der Waals surface area contributed by atoms with Gasteiger partial charge in [-0.05, 0) is 48.4 Å². The third-order valence-electron chi connectivity index (χ3n) is 4.87. The Balaban J connectivity index is 1.48. The maximum absolute atomic E-state index is 12.4. The Hall–Kier alpha value is -3.14. The van der Waals surface area contributed by atoms with Gasteiger partial charge in [0.05, 0.1) is 16.3 Å². The smallest absolute Gasteiger partial charge is 0.238 e. The molecule has 1 aromatic carbocycles. The molecule has 0 aliphatic carbocycles. The molecule has 0 atom stereocenters. The number of nitrogens with one attached hydrogen (secondary N) is 1. The molecule has 0 aliphatic rings. The van der Waals surface area contributed by atoms with Gasteiger partial charge < -0.3 is 5.32 Å². The van der Waals surface area contributed by atoms with E-state index in [1.165, 1.54) is 12.1 Å². The first-order valence-electron chi connectivity index (χ1n) is 10.3. The number of carbonyl (C=O) groups is 1. The molecule has 2 heterocycles. The molecule has 0 aliphatic heterocycles. The van der Waals surface area contributed by atoms with Gasteiger partial charge in [0.2, 0.25) is 15.9 Å². The number of hydrogen-bond acceptors (Lipinski definition) is 6. The van der Waals surface area contributed by atoms with Crippen LogP contribution in [0.1, 0.15) is 23.4 Å². The van der Waals surface area contributed by atoms with Gasteiger partial charge in [-0.25, -0.2) is 13.6 Å². The van der Waals surface area contributed by atoms with E-state index < -0.39 is 10.0 Å². The number of nitrogens with zero attached hydrogens (tertiary/aromatic N) is 3. The van der Waals surface area contributed by atoms with E-state index in [0.29, 0.717) is 39.0 Å². The summed E-state index contributed by atoms with van der Waals surface area (Å²) in [6, 6.07) is 17.9. The molecule has 32 heavy (non-hydrogen) atoms. The highest BCUT2D eigenvalue weighted by molar-refractivity contribution is 7.89. The van der Waals surface area contributed by atoms with Crippen molar-refractivity contribution in [3.63, 3.8) is 0 Å². The zero-order chi connectivity index (χ0) is 22.8. The minimum absolute atomic E-state index is 0.0433. The summed E-state index contributed by atoms with van der Waals surface area (Å²) in [7, 11) is -3.70. The van der Waals surface area contributed by atoms with E-state index in [4.69, 9.17) is 5.14 Å². The van der Waals surface area contributed by atoms with Crippen molar-refractivity contribution in [2.24, 2.45) is 5.14 Å². The highest BCUT2D eigenvalue weighted by Gasteiger charge is 2.12. The lowest BCUT2D eigenvalue weighted by Crippen LogP contribution is -2.31. The highest BCUT2D eigenvalue weighted by Crippen LogP contribution is 2.10. The molecule has 0 bridgehead atoms. The Bertz CT molecular complexity index is 1050. The van der Waals surface area contributed by atoms with Crippen LogP contribution in [0.15, 0.2) is 78.0 Å². The first kappa shape index (κ1) is 23.5. The molecule has 3 aromatic rings. The molecule has 0 saturated carbocycles. The third-order valence-corrected chi connectivity index (χ3v) is 5.80. The van der Waals surface area contributed by atoms with Crippen LogP contribution in [0.4, 0.5) is 0 Å². The largest absolute Gasteiger partial charge is 0.356 e. The van der Waals surface area contributed by atoms with E-state index in [-0.39, 0.29) is 10.8 Å². The minimum Gasteiger partial charge on any atom is -0.356 e. The molecule has 168 valence electrons. The normalized spacial score (nSPS) is 11.4. The van der Waals surface area contributed by atoms with E-state index in [2.05, 4.69) is 20.2 Å². The van der Waals surface area contributed by atoms with Crippen molar-refractivity contribution in [3.8, 4) is 0 Å². The Morgan fingerprint density at radius 2 is 1.50 bits per heavy atom. The van der Waals surface area contributed by atoms with Gasteiger partial charge in [0.1, 0.15) is 0 Å². The summed E-state index contributed by atoms with van der Waals surface area (Å²) in [5.41, 5.74) is 2.79. The molecular formula is C23H27N5O3S. The number of pyridine rings is 2. The summed E-state index contributed by atoms with van der Waals surface area (Å²) in [5, 5.41) is 8.02. The maximum atomic E-state index is 12.4. The Labute approximate surface area is 188 Å². The second-order valence-electron chi connectivity index (χ2n) is 7.39. The van der Waals surface area contributed by atoms with Crippen LogP contribution in [0, 0.1) is 0 Å². The lowest BCUT2D eigenvalue weighted by Gasteiger charge is -2.21. The summed E-state index contributed by atoms with van der Waals surface area (Å²) in [6.07, 6.45) is 4.47. The fraction of sp³-hybridized carbons (Fsp3) is 0.261. The van der Waals surface area contributed by atoms with E-state index in [1.54, 1.807) is 24.5 Å². The first-order valence-corrected chi connectivity index (χ1v) is 11.9. The summed E-state index contributed by atoms with van der Waals surface area (Å²) in [6.45, 7) is 2.29. The van der Waals surface area contributed by atoms with Crippen LogP contribution in [0.3, 0.4) is 0 Å². The number of hydrogen-bond donors (Lipinski definition) is 2. The Morgan fingerprint density at radius 3 is 2.00 bits per heavy atom. The lowest BCUT2D eigenvalue weighted by molar-refractivity contribution is -0.121. The monoisotopic (exact) mass is 453 g/mol. The van der Waals surface area contributed by atoms with E-state index in [0.717, 1.165) is 17.0 Å². The molecule has 8 nitrogen and oxygen atoms in total. The van der Waals surface area contributed by atoms with E-state index >= 15 is 0 Å². The van der Waals surface area contributed by atoms with Gasteiger partial charge in [0, 0.05) is 45.0 Å². The van der Waals surface area contributed by atoms with Gasteiger partial charge in [0.25, 0.3) is 0 Å². The molecule has 0 spiro atoms. The second-order valence-corrected chi connectivity index (χ2v) is 8.95. The molecule has 3 N–H and O–H groups in total. The zero-order valence-corrected chi connectivity index (χ0v) is 18.5. The van der Waals surface area contributed by atoms with Crippen molar-refractivity contribution in [1.29, 1.82) is 0 Å². The number of carbonyl (C=O) groups excluding carboxylic acids is 1. The van der Waals surface area contributed by atoms with Gasteiger partial charge in [-0.1, -0.05) is 24.3 Å². The SMILES string of the molecule is NS(=O)(=O)c1ccc(CCNC(=O)CCN(Cc2ccccn2)Cc2ccccn2)cc1. The molecule has 3 rings (SSSR count). The average Bonchev–Trinajstić information content (AvgIpc) is 2.79. The van der Waals surface area contributed by atoms with Gasteiger partial charge in [-0.2, -0.15) is 0 Å². The minimum atomic E-state index is -3.70. The van der Waals surface area contributed by atoms with Crippen LogP contribution in [0.2, 0.25) is 0 Å². The number of nitrogens with two attached hydrogens (primary N) is 1. The predicted molar refractivity (Wildman–Crippen MR) is 122 cm³/mol. The van der Waals surface area contributed by atoms with Gasteiger partial charge in [-0.15, -0.1) is 0 Å². The maximum Gasteiger partial charge on any atom is 0.238 e. The van der Waals surface area contributed by atoms with Crippen LogP contribution < -0.4 is 10.5 Å². The number of amides is 1. The van der Waals surface area contributed by atoms with E-state index in [9.17, 15) is 13.2 Å². The van der Waals surface area contributed by atoms with Crippen molar-refractivity contribution in [1.82, 2.24) is 20.2 Å². The van der Waals surface area contributed by atoms with Gasteiger partial charge >= 0.3 is 0 Å². The highest BCUT2D eigenvalue weighted by atomic mass is 32.2. The van der Waals surface area contributed by atoms with Crippen molar-refractivity contribution < 1.29 is 13.2 Å². The van der Waals surface area contributed by atoms with Crippen molar-refractivity contribution >= 4 is 15.9 Å². The van der Waals surface area contributed by atoms with Gasteiger partial charge in [-0.3, -0.25) is 19.7 Å². The van der Waals surface area contributed by atoms with Crippen LogP contribution in [0.5, 0.6) is 0 Å². The number of aromatic nitrogens is 2. The number of benzene rings is 1. The first-order chi connectivity index (χ1) is 15.4. The standard InChI is InChI=1S/C23H27N5O3S/c24-32(30,31)22-9-7-19(8-10-22)11-15-27-23(29)12-16-28(17-20-5-1-3-13-25-20)18-21-6-2-4-14-26-21/h1-10,13-14H,11-12,15-18H2,(H,27,29)(H2,24,30,31). The van der Waals surface area contributed by atoms with Gasteiger partial charge in [0.15, 0.2) is 0 Å². The second kappa shape index (κ2) is 11.5. The van der Waals surface area contributed by atoms with E-state index in [1.807, 2.05) is 36.4 Å². The molecule has 9 heteroatoms. The number of primary sulfonamides is 1. The molecular weight excluding hydrogens is 426 g/mol. The molecule has 1 amide bonds. The number of rotatable bonds is 11. The van der Waals surface area contributed by atoms with Crippen LogP contribution in [-0.4, -0.2) is 42.3 Å². The summed E-state index contributed by atoms with van der Waals surface area (Å²) < 4.78 is 22.6. The summed E-state index contributed by atoms with van der Waals surface area (Å²) in [4.78, 5) is 23.4. The van der Waals surface area contributed by atoms with Crippen LogP contribution in [0.25, 0.3) is 0 Å². The summed E-state index contributed by atoms with van der Waals surface area (Å²) >= 11 is 0. The quantitative estimate of drug-likeness (QED) is 0.458. The number of sulfonamides is 1. The van der Waals surface area contributed by atoms with Crippen molar-refractivity contribution in [3.05, 3.63) is 90.0 Å².